The zero-order chi connectivity index (χ0) is 15.1. The van der Waals surface area contributed by atoms with Crippen molar-refractivity contribution < 1.29 is 18.3 Å². The Morgan fingerprint density at radius 3 is 2.45 bits per heavy atom. The number of piperidine rings is 1. The van der Waals surface area contributed by atoms with E-state index in [2.05, 4.69) is 5.10 Å². The molecule has 0 radical (unpaired) electrons. The van der Waals surface area contributed by atoms with E-state index in [1.165, 1.54) is 18.1 Å². The van der Waals surface area contributed by atoms with E-state index in [1.54, 1.807) is 0 Å². The Labute approximate surface area is 117 Å². The molecule has 1 aromatic heterocycles. The van der Waals surface area contributed by atoms with Crippen molar-refractivity contribution in [2.45, 2.75) is 24.6 Å². The maximum atomic E-state index is 12.7. The van der Waals surface area contributed by atoms with E-state index in [0.29, 0.717) is 5.69 Å². The number of rotatable bonds is 1. The first kappa shape index (κ1) is 15.1. The molecule has 0 aromatic carbocycles. The Balaban J connectivity index is 2.20. The fraction of sp³-hybridized carbons (Fsp3) is 0.636. The normalized spacial score (nSPS) is 19.2. The van der Waals surface area contributed by atoms with Crippen LogP contribution < -0.4 is 10.5 Å². The molecule has 1 aliphatic rings. The number of halogens is 4. The van der Waals surface area contributed by atoms with Gasteiger partial charge in [0.15, 0.2) is 5.60 Å². The predicted molar refractivity (Wildman–Crippen MR) is 66.9 cm³/mol. The van der Waals surface area contributed by atoms with Crippen molar-refractivity contribution in [2.24, 2.45) is 7.05 Å². The fourth-order valence-electron chi connectivity index (χ4n) is 2.12. The summed E-state index contributed by atoms with van der Waals surface area (Å²) in [5.74, 6) is 0. The Morgan fingerprint density at radius 2 is 1.95 bits per heavy atom. The van der Waals surface area contributed by atoms with Crippen molar-refractivity contribution in [3.63, 3.8) is 0 Å². The van der Waals surface area contributed by atoms with Crippen molar-refractivity contribution in [3.05, 3.63) is 21.6 Å². The number of anilines is 1. The standard InChI is InChI=1S/C11H13ClF3N3O2/c1-17-9(19)8(12)7(6-16-17)18-4-2-10(20,3-5-18)11(13,14)15/h6,20H,2-5H2,1H3. The quantitative estimate of drug-likeness (QED) is 0.850. The number of alkyl halides is 3. The van der Waals surface area contributed by atoms with E-state index in [-0.39, 0.29) is 18.1 Å². The number of aliphatic hydroxyl groups is 1. The van der Waals surface area contributed by atoms with E-state index in [0.717, 1.165) is 4.68 Å². The molecule has 0 spiro atoms. The van der Waals surface area contributed by atoms with Crippen molar-refractivity contribution >= 4 is 17.3 Å². The average molecular weight is 312 g/mol. The molecule has 1 N–H and O–H groups in total. The number of nitrogens with zero attached hydrogens (tertiary/aromatic N) is 3. The summed E-state index contributed by atoms with van der Waals surface area (Å²) in [5, 5.41) is 13.3. The van der Waals surface area contributed by atoms with Gasteiger partial charge >= 0.3 is 6.18 Å². The van der Waals surface area contributed by atoms with Gasteiger partial charge in [-0.1, -0.05) is 11.6 Å². The lowest BCUT2D eigenvalue weighted by Crippen LogP contribution is -2.53. The molecule has 1 aromatic rings. The van der Waals surface area contributed by atoms with Crippen LogP contribution in [0.5, 0.6) is 0 Å². The van der Waals surface area contributed by atoms with Gasteiger partial charge in [0, 0.05) is 33.0 Å². The molecule has 1 saturated heterocycles. The van der Waals surface area contributed by atoms with Crippen molar-refractivity contribution in [1.29, 1.82) is 0 Å². The summed E-state index contributed by atoms with van der Waals surface area (Å²) < 4.78 is 39.1. The number of hydrogen-bond acceptors (Lipinski definition) is 4. The molecule has 2 heterocycles. The summed E-state index contributed by atoms with van der Waals surface area (Å²) in [7, 11) is 1.43. The third kappa shape index (κ3) is 2.49. The van der Waals surface area contributed by atoms with Gasteiger partial charge in [-0.2, -0.15) is 18.3 Å². The molecule has 112 valence electrons. The molecular weight excluding hydrogens is 299 g/mol. The van der Waals surface area contributed by atoms with Crippen molar-refractivity contribution in [2.75, 3.05) is 18.0 Å². The van der Waals surface area contributed by atoms with Crippen LogP contribution in [0.25, 0.3) is 0 Å². The maximum absolute atomic E-state index is 12.7. The summed E-state index contributed by atoms with van der Waals surface area (Å²) in [5.41, 5.74) is -2.90. The van der Waals surface area contributed by atoms with Crippen LogP contribution in [-0.4, -0.2) is 39.8 Å². The Kier molecular flexibility index (Phi) is 3.72. The second-order valence-electron chi connectivity index (χ2n) is 4.79. The minimum Gasteiger partial charge on any atom is -0.380 e. The van der Waals surface area contributed by atoms with E-state index in [4.69, 9.17) is 11.6 Å². The lowest BCUT2D eigenvalue weighted by Gasteiger charge is -2.40. The summed E-state index contributed by atoms with van der Waals surface area (Å²) in [6, 6.07) is 0. The number of aryl methyl sites for hydroxylation is 1. The van der Waals surface area contributed by atoms with Crippen LogP contribution in [0.15, 0.2) is 11.0 Å². The van der Waals surface area contributed by atoms with Gasteiger partial charge in [0.1, 0.15) is 5.02 Å². The molecule has 0 atom stereocenters. The zero-order valence-electron chi connectivity index (χ0n) is 10.6. The molecule has 0 saturated carbocycles. The molecule has 0 bridgehead atoms. The van der Waals surface area contributed by atoms with E-state index < -0.39 is 30.2 Å². The van der Waals surface area contributed by atoms with Crippen LogP contribution in [0.2, 0.25) is 5.02 Å². The molecule has 1 fully saturated rings. The monoisotopic (exact) mass is 311 g/mol. The lowest BCUT2D eigenvalue weighted by molar-refractivity contribution is -0.266. The Morgan fingerprint density at radius 1 is 1.40 bits per heavy atom. The molecule has 2 rings (SSSR count). The van der Waals surface area contributed by atoms with E-state index in [9.17, 15) is 23.1 Å². The smallest absolute Gasteiger partial charge is 0.380 e. The predicted octanol–water partition coefficient (Wildman–Crippen LogP) is 1.33. The highest BCUT2D eigenvalue weighted by molar-refractivity contribution is 6.33. The number of hydrogen-bond donors (Lipinski definition) is 1. The van der Waals surface area contributed by atoms with Gasteiger partial charge < -0.3 is 10.0 Å². The van der Waals surface area contributed by atoms with Gasteiger partial charge in [0.25, 0.3) is 5.56 Å². The fourth-order valence-corrected chi connectivity index (χ4v) is 2.41. The summed E-state index contributed by atoms with van der Waals surface area (Å²) >= 11 is 5.89. The van der Waals surface area contributed by atoms with Gasteiger partial charge in [-0.05, 0) is 0 Å². The highest BCUT2D eigenvalue weighted by Gasteiger charge is 2.54. The van der Waals surface area contributed by atoms with Gasteiger partial charge in [-0.3, -0.25) is 4.79 Å². The van der Waals surface area contributed by atoms with Crippen LogP contribution in [-0.2, 0) is 7.05 Å². The van der Waals surface area contributed by atoms with Crippen LogP contribution in [0, 0.1) is 0 Å². The van der Waals surface area contributed by atoms with Crippen molar-refractivity contribution in [3.8, 4) is 0 Å². The summed E-state index contributed by atoms with van der Waals surface area (Å²) in [4.78, 5) is 13.2. The average Bonchev–Trinajstić information content (AvgIpc) is 2.36. The minimum atomic E-state index is -4.66. The second kappa shape index (κ2) is 4.92. The number of aromatic nitrogens is 2. The molecule has 20 heavy (non-hydrogen) atoms. The Bertz CT molecular complexity index is 565. The third-order valence-electron chi connectivity index (χ3n) is 3.52. The topological polar surface area (TPSA) is 58.4 Å². The molecule has 0 amide bonds. The molecule has 1 aliphatic heterocycles. The molecular formula is C11H13ClF3N3O2. The third-order valence-corrected chi connectivity index (χ3v) is 3.87. The van der Waals surface area contributed by atoms with Crippen molar-refractivity contribution in [1.82, 2.24) is 9.78 Å². The SMILES string of the molecule is Cn1ncc(N2CCC(O)(C(F)(F)F)CC2)c(Cl)c1=O. The zero-order valence-corrected chi connectivity index (χ0v) is 11.4. The van der Waals surface area contributed by atoms with E-state index in [1.807, 2.05) is 0 Å². The first-order valence-electron chi connectivity index (χ1n) is 5.91. The first-order valence-corrected chi connectivity index (χ1v) is 6.29. The molecule has 9 heteroatoms. The van der Waals surface area contributed by atoms with Crippen LogP contribution >= 0.6 is 11.6 Å². The Hall–Kier alpha value is -1.28. The van der Waals surface area contributed by atoms with Crippen LogP contribution in [0.1, 0.15) is 12.8 Å². The van der Waals surface area contributed by atoms with Gasteiger partial charge in [-0.15, -0.1) is 0 Å². The van der Waals surface area contributed by atoms with Gasteiger partial charge in [-0.25, -0.2) is 4.68 Å². The summed E-state index contributed by atoms with van der Waals surface area (Å²) in [6.07, 6.45) is -4.26. The highest BCUT2D eigenvalue weighted by Crippen LogP contribution is 2.39. The maximum Gasteiger partial charge on any atom is 0.417 e. The largest absolute Gasteiger partial charge is 0.417 e. The van der Waals surface area contributed by atoms with E-state index >= 15 is 0 Å². The molecule has 0 aliphatic carbocycles. The van der Waals surface area contributed by atoms with Gasteiger partial charge in [0.05, 0.1) is 11.9 Å². The van der Waals surface area contributed by atoms with Crippen LogP contribution in [0.4, 0.5) is 18.9 Å². The molecule has 5 nitrogen and oxygen atoms in total. The minimum absolute atomic E-state index is 0.0510. The second-order valence-corrected chi connectivity index (χ2v) is 5.17. The summed E-state index contributed by atoms with van der Waals surface area (Å²) in [6.45, 7) is -0.102. The van der Waals surface area contributed by atoms with Crippen LogP contribution in [0.3, 0.4) is 0 Å². The molecule has 0 unspecified atom stereocenters. The first-order chi connectivity index (χ1) is 9.16. The lowest BCUT2D eigenvalue weighted by atomic mass is 9.90. The van der Waals surface area contributed by atoms with Gasteiger partial charge in [0.2, 0.25) is 0 Å². The highest BCUT2D eigenvalue weighted by atomic mass is 35.5.